The van der Waals surface area contributed by atoms with Crippen molar-refractivity contribution in [3.63, 3.8) is 0 Å². The predicted octanol–water partition coefficient (Wildman–Crippen LogP) is 3.59. The van der Waals surface area contributed by atoms with Crippen LogP contribution >= 0.6 is 11.8 Å². The van der Waals surface area contributed by atoms with Crippen LogP contribution in [-0.2, 0) is 0 Å². The van der Waals surface area contributed by atoms with E-state index < -0.39 is 11.6 Å². The van der Waals surface area contributed by atoms with Crippen LogP contribution in [-0.4, -0.2) is 20.9 Å². The number of rotatable bonds is 4. The Bertz CT molecular complexity index is 788. The fourth-order valence-electron chi connectivity index (χ4n) is 1.90. The van der Waals surface area contributed by atoms with Crippen LogP contribution in [0.1, 0.15) is 6.92 Å². The molecule has 0 atom stereocenters. The van der Waals surface area contributed by atoms with Crippen molar-refractivity contribution in [3.8, 4) is 0 Å². The van der Waals surface area contributed by atoms with E-state index in [1.165, 1.54) is 12.1 Å². The minimum atomic E-state index is -0.611. The van der Waals surface area contributed by atoms with E-state index in [-0.39, 0.29) is 0 Å². The van der Waals surface area contributed by atoms with Crippen LogP contribution in [0.3, 0.4) is 0 Å². The summed E-state index contributed by atoms with van der Waals surface area (Å²) in [6, 6.07) is 3.48. The number of hydrogen-bond donors (Lipinski definition) is 1. The summed E-state index contributed by atoms with van der Waals surface area (Å²) in [5.74, 6) is -0.537. The molecule has 0 saturated carbocycles. The topological polar surface area (TPSA) is 42.2 Å². The normalized spacial score (nSPS) is 11.0. The van der Waals surface area contributed by atoms with Crippen molar-refractivity contribution in [2.24, 2.45) is 0 Å². The highest BCUT2D eigenvalue weighted by Crippen LogP contribution is 2.31. The van der Waals surface area contributed by atoms with E-state index in [0.717, 1.165) is 24.4 Å². The van der Waals surface area contributed by atoms with Crippen molar-refractivity contribution in [2.45, 2.75) is 16.8 Å². The number of nitrogens with zero attached hydrogens (tertiary/aromatic N) is 3. The number of halogens is 2. The Hall–Kier alpha value is -2.15. The molecule has 1 N–H and O–H groups in total. The smallest absolute Gasteiger partial charge is 0.170 e. The second-order valence-corrected chi connectivity index (χ2v) is 5.33. The fourth-order valence-corrected chi connectivity index (χ4v) is 2.79. The lowest BCUT2D eigenvalue weighted by Crippen LogP contribution is -2.02. The molecule has 4 nitrogen and oxygen atoms in total. The Kier molecular flexibility index (Phi) is 3.74. The Balaban J connectivity index is 2.04. The molecule has 0 bridgehead atoms. The van der Waals surface area contributed by atoms with Gasteiger partial charge in [0.05, 0.1) is 6.20 Å². The van der Waals surface area contributed by atoms with Gasteiger partial charge in [-0.2, -0.15) is 0 Å². The third-order valence-corrected chi connectivity index (χ3v) is 3.82. The molecule has 2 aromatic heterocycles. The lowest BCUT2D eigenvalue weighted by Gasteiger charge is -2.08. The summed E-state index contributed by atoms with van der Waals surface area (Å²) in [7, 11) is 0. The Labute approximate surface area is 124 Å². The number of benzene rings is 1. The van der Waals surface area contributed by atoms with Gasteiger partial charge in [-0.05, 0) is 19.1 Å². The van der Waals surface area contributed by atoms with Gasteiger partial charge in [-0.1, -0.05) is 11.8 Å². The van der Waals surface area contributed by atoms with Crippen LogP contribution < -0.4 is 5.32 Å². The highest BCUT2D eigenvalue weighted by molar-refractivity contribution is 7.99. The number of nitrogens with one attached hydrogen (secondary N) is 1. The summed E-state index contributed by atoms with van der Waals surface area (Å²) in [6.45, 7) is 2.69. The zero-order chi connectivity index (χ0) is 14.8. The summed E-state index contributed by atoms with van der Waals surface area (Å²) < 4.78 is 28.6. The largest absolute Gasteiger partial charge is 0.369 e. The van der Waals surface area contributed by atoms with Gasteiger partial charge in [-0.3, -0.25) is 0 Å². The monoisotopic (exact) mass is 306 g/mol. The average molecular weight is 306 g/mol. The van der Waals surface area contributed by atoms with Crippen molar-refractivity contribution in [1.29, 1.82) is 0 Å². The molecule has 0 radical (unpaired) electrons. The van der Waals surface area contributed by atoms with Crippen LogP contribution in [0.4, 0.5) is 14.6 Å². The molecule has 1 aromatic carbocycles. The molecule has 3 aromatic rings. The van der Waals surface area contributed by atoms with Gasteiger partial charge < -0.3 is 9.72 Å². The number of fused-ring (bicyclic) bond motifs is 1. The Morgan fingerprint density at radius 3 is 2.95 bits per heavy atom. The van der Waals surface area contributed by atoms with Gasteiger partial charge in [0.15, 0.2) is 5.65 Å². The molecule has 21 heavy (non-hydrogen) atoms. The van der Waals surface area contributed by atoms with Crippen molar-refractivity contribution >= 4 is 23.2 Å². The highest BCUT2D eigenvalue weighted by Gasteiger charge is 2.12. The second kappa shape index (κ2) is 5.69. The van der Waals surface area contributed by atoms with Crippen LogP contribution in [0, 0.1) is 11.6 Å². The van der Waals surface area contributed by atoms with Gasteiger partial charge in [0.1, 0.15) is 22.5 Å². The van der Waals surface area contributed by atoms with E-state index >= 15 is 0 Å². The first-order valence-electron chi connectivity index (χ1n) is 6.38. The van der Waals surface area contributed by atoms with Gasteiger partial charge in [0, 0.05) is 29.9 Å². The predicted molar refractivity (Wildman–Crippen MR) is 77.6 cm³/mol. The second-order valence-electron chi connectivity index (χ2n) is 4.30. The van der Waals surface area contributed by atoms with Crippen molar-refractivity contribution < 1.29 is 8.78 Å². The molecule has 0 saturated heterocycles. The van der Waals surface area contributed by atoms with Crippen LogP contribution in [0.5, 0.6) is 0 Å². The maximum absolute atomic E-state index is 13.8. The fraction of sp³-hybridized carbons (Fsp3) is 0.143. The molecule has 0 aliphatic heterocycles. The van der Waals surface area contributed by atoms with Gasteiger partial charge in [-0.25, -0.2) is 18.7 Å². The summed E-state index contributed by atoms with van der Waals surface area (Å²) in [5, 5.41) is 3.67. The van der Waals surface area contributed by atoms with Crippen molar-refractivity contribution in [3.05, 3.63) is 48.4 Å². The van der Waals surface area contributed by atoms with E-state index in [1.807, 2.05) is 17.5 Å². The van der Waals surface area contributed by atoms with E-state index in [2.05, 4.69) is 15.3 Å². The van der Waals surface area contributed by atoms with Crippen LogP contribution in [0.25, 0.3) is 5.65 Å². The zero-order valence-corrected chi connectivity index (χ0v) is 12.0. The molecule has 0 amide bonds. The number of aromatic nitrogens is 3. The summed E-state index contributed by atoms with van der Waals surface area (Å²) in [6.07, 6.45) is 5.26. The molecular weight excluding hydrogens is 294 g/mol. The van der Waals surface area contributed by atoms with Gasteiger partial charge in [-0.15, -0.1) is 0 Å². The SMILES string of the molecule is CCNc1cn2ccnc2c(Sc2ccc(F)cc2F)n1. The molecule has 108 valence electrons. The standard InChI is InChI=1S/C14H12F2N4S/c1-2-17-12-8-20-6-5-18-13(20)14(19-12)21-11-4-3-9(15)7-10(11)16/h3-8,17H,2H2,1H3. The van der Waals surface area contributed by atoms with Crippen LogP contribution in [0.2, 0.25) is 0 Å². The quantitative estimate of drug-likeness (QED) is 0.800. The van der Waals surface area contributed by atoms with Gasteiger partial charge in [0.2, 0.25) is 0 Å². The third-order valence-electron chi connectivity index (χ3n) is 2.80. The summed E-state index contributed by atoms with van der Waals surface area (Å²) in [5.41, 5.74) is 0.630. The molecule has 3 rings (SSSR count). The van der Waals surface area contributed by atoms with Crippen molar-refractivity contribution in [1.82, 2.24) is 14.4 Å². The van der Waals surface area contributed by atoms with E-state index in [0.29, 0.717) is 21.4 Å². The van der Waals surface area contributed by atoms with Crippen molar-refractivity contribution in [2.75, 3.05) is 11.9 Å². The minimum Gasteiger partial charge on any atom is -0.369 e. The molecule has 0 aliphatic carbocycles. The first kappa shape index (κ1) is 13.8. The first-order valence-corrected chi connectivity index (χ1v) is 7.19. The molecule has 0 fully saturated rings. The maximum atomic E-state index is 13.8. The third kappa shape index (κ3) is 2.82. The summed E-state index contributed by atoms with van der Waals surface area (Å²) >= 11 is 1.12. The lowest BCUT2D eigenvalue weighted by molar-refractivity contribution is 0.565. The van der Waals surface area contributed by atoms with E-state index in [1.54, 1.807) is 12.4 Å². The number of hydrogen-bond acceptors (Lipinski definition) is 4. The molecule has 0 unspecified atom stereocenters. The maximum Gasteiger partial charge on any atom is 0.170 e. The molecule has 0 aliphatic rings. The van der Waals surface area contributed by atoms with Crippen LogP contribution in [0.15, 0.2) is 46.7 Å². The average Bonchev–Trinajstić information content (AvgIpc) is 2.91. The van der Waals surface area contributed by atoms with Gasteiger partial charge in [0.25, 0.3) is 0 Å². The molecule has 2 heterocycles. The van der Waals surface area contributed by atoms with E-state index in [4.69, 9.17) is 0 Å². The lowest BCUT2D eigenvalue weighted by atomic mass is 10.3. The zero-order valence-electron chi connectivity index (χ0n) is 11.2. The molecular formula is C14H12F2N4S. The summed E-state index contributed by atoms with van der Waals surface area (Å²) in [4.78, 5) is 8.96. The minimum absolute atomic E-state index is 0.308. The highest BCUT2D eigenvalue weighted by atomic mass is 32.2. The molecule has 0 spiro atoms. The Morgan fingerprint density at radius 2 is 2.19 bits per heavy atom. The number of anilines is 1. The number of imidazole rings is 1. The molecule has 7 heteroatoms. The first-order chi connectivity index (χ1) is 10.2. The van der Waals surface area contributed by atoms with E-state index in [9.17, 15) is 8.78 Å². The van der Waals surface area contributed by atoms with Gasteiger partial charge >= 0.3 is 0 Å². The Morgan fingerprint density at radius 1 is 1.33 bits per heavy atom.